The zero-order valence-corrected chi connectivity index (χ0v) is 9.07. The van der Waals surface area contributed by atoms with Crippen LogP contribution in [0.4, 0.5) is 4.39 Å². The predicted octanol–water partition coefficient (Wildman–Crippen LogP) is 2.62. The molecule has 0 saturated carbocycles. The fourth-order valence-electron chi connectivity index (χ4n) is 1.15. The number of aryl methyl sites for hydroxylation is 1. The number of hydrogen-bond acceptors (Lipinski definition) is 1. The van der Waals surface area contributed by atoms with Crippen LogP contribution >= 0.6 is 11.6 Å². The Morgan fingerprint density at radius 2 is 2.27 bits per heavy atom. The third-order valence-electron chi connectivity index (χ3n) is 1.87. The van der Waals surface area contributed by atoms with Crippen LogP contribution in [0.3, 0.4) is 0 Å². The second kappa shape index (κ2) is 4.94. The number of carbonyl (C=O) groups is 1. The monoisotopic (exact) mass is 227 g/mol. The largest absolute Gasteiger partial charge is 0.347 e. The van der Waals surface area contributed by atoms with Gasteiger partial charge in [0.25, 0.3) is 5.91 Å². The van der Waals surface area contributed by atoms with E-state index in [9.17, 15) is 9.18 Å². The summed E-state index contributed by atoms with van der Waals surface area (Å²) in [5.41, 5.74) is 1.03. The van der Waals surface area contributed by atoms with Gasteiger partial charge in [0, 0.05) is 10.6 Å². The smallest absolute Gasteiger partial charge is 0.251 e. The molecule has 1 N–H and O–H groups in total. The summed E-state index contributed by atoms with van der Waals surface area (Å²) in [6.07, 6.45) is 0. The van der Waals surface area contributed by atoms with Crippen molar-refractivity contribution in [1.29, 1.82) is 0 Å². The molecule has 0 saturated heterocycles. The first kappa shape index (κ1) is 11.7. The first-order valence-electron chi connectivity index (χ1n) is 4.38. The van der Waals surface area contributed by atoms with Gasteiger partial charge in [-0.15, -0.1) is 0 Å². The van der Waals surface area contributed by atoms with Crippen LogP contribution < -0.4 is 5.32 Å². The fraction of sp³-hybridized carbons (Fsp3) is 0.182. The molecule has 0 heterocycles. The summed E-state index contributed by atoms with van der Waals surface area (Å²) in [5.74, 6) is -0.639. The zero-order chi connectivity index (χ0) is 11.4. The standard InChI is InChI=1S/C11H11ClFNO/c1-7-5-9(13)3-4-10(7)11(15)14-6-8(2)12/h3-5H,2,6H2,1H3,(H,14,15). The van der Waals surface area contributed by atoms with E-state index in [0.29, 0.717) is 16.2 Å². The maximum Gasteiger partial charge on any atom is 0.251 e. The molecular formula is C11H11ClFNO. The van der Waals surface area contributed by atoms with Crippen LogP contribution in [0.15, 0.2) is 29.8 Å². The topological polar surface area (TPSA) is 29.1 Å². The summed E-state index contributed by atoms with van der Waals surface area (Å²) >= 11 is 5.51. The Hall–Kier alpha value is -1.35. The van der Waals surface area contributed by atoms with Gasteiger partial charge in [-0.05, 0) is 30.7 Å². The predicted molar refractivity (Wildman–Crippen MR) is 58.5 cm³/mol. The third-order valence-corrected chi connectivity index (χ3v) is 2.01. The molecule has 0 bridgehead atoms. The van der Waals surface area contributed by atoms with Crippen molar-refractivity contribution < 1.29 is 9.18 Å². The summed E-state index contributed by atoms with van der Waals surface area (Å²) in [5, 5.41) is 2.92. The Kier molecular flexibility index (Phi) is 3.86. The van der Waals surface area contributed by atoms with Gasteiger partial charge < -0.3 is 5.32 Å². The van der Waals surface area contributed by atoms with Gasteiger partial charge in [-0.25, -0.2) is 4.39 Å². The quantitative estimate of drug-likeness (QED) is 0.845. The molecule has 1 amide bonds. The lowest BCUT2D eigenvalue weighted by Crippen LogP contribution is -2.25. The normalized spacial score (nSPS) is 9.80. The molecule has 0 atom stereocenters. The van der Waals surface area contributed by atoms with Gasteiger partial charge in [0.2, 0.25) is 0 Å². The molecule has 15 heavy (non-hydrogen) atoms. The summed E-state index contributed by atoms with van der Waals surface area (Å²) in [7, 11) is 0. The van der Waals surface area contributed by atoms with Gasteiger partial charge in [-0.2, -0.15) is 0 Å². The van der Waals surface area contributed by atoms with E-state index in [0.717, 1.165) is 0 Å². The molecule has 1 aromatic rings. The van der Waals surface area contributed by atoms with Crippen LogP contribution in [0.5, 0.6) is 0 Å². The van der Waals surface area contributed by atoms with Gasteiger partial charge in [-0.3, -0.25) is 4.79 Å². The number of nitrogens with one attached hydrogen (secondary N) is 1. The van der Waals surface area contributed by atoms with Crippen molar-refractivity contribution in [2.75, 3.05) is 6.54 Å². The minimum atomic E-state index is -0.356. The Bertz CT molecular complexity index is 404. The van der Waals surface area contributed by atoms with Crippen molar-refractivity contribution in [2.24, 2.45) is 0 Å². The van der Waals surface area contributed by atoms with Crippen molar-refractivity contribution in [3.05, 3.63) is 46.8 Å². The number of rotatable bonds is 3. The van der Waals surface area contributed by atoms with E-state index in [4.69, 9.17) is 11.6 Å². The molecule has 0 radical (unpaired) electrons. The molecule has 0 fully saturated rings. The SMILES string of the molecule is C=C(Cl)CNC(=O)c1ccc(F)cc1C. The van der Waals surface area contributed by atoms with Crippen molar-refractivity contribution in [3.8, 4) is 0 Å². The average molecular weight is 228 g/mol. The van der Waals surface area contributed by atoms with Gasteiger partial charge in [-0.1, -0.05) is 18.2 Å². The van der Waals surface area contributed by atoms with Gasteiger partial charge in [0.15, 0.2) is 0 Å². The first-order valence-corrected chi connectivity index (χ1v) is 4.76. The van der Waals surface area contributed by atoms with Crippen LogP contribution in [0.25, 0.3) is 0 Å². The summed E-state index contributed by atoms with van der Waals surface area (Å²) in [6.45, 7) is 5.33. The average Bonchev–Trinajstić information content (AvgIpc) is 2.14. The Labute approximate surface area is 92.7 Å². The molecule has 0 aliphatic carbocycles. The lowest BCUT2D eigenvalue weighted by atomic mass is 10.1. The Morgan fingerprint density at radius 1 is 1.60 bits per heavy atom. The number of halogens is 2. The minimum absolute atomic E-state index is 0.206. The summed E-state index contributed by atoms with van der Waals surface area (Å²) < 4.78 is 12.8. The number of amides is 1. The highest BCUT2D eigenvalue weighted by molar-refractivity contribution is 6.29. The lowest BCUT2D eigenvalue weighted by Gasteiger charge is -2.06. The van der Waals surface area contributed by atoms with E-state index >= 15 is 0 Å². The Balaban J connectivity index is 2.78. The second-order valence-corrected chi connectivity index (χ2v) is 3.69. The van der Waals surface area contributed by atoms with Crippen LogP contribution in [-0.4, -0.2) is 12.5 Å². The number of hydrogen-bond donors (Lipinski definition) is 1. The summed E-state index contributed by atoms with van der Waals surface area (Å²) in [6, 6.07) is 4.00. The van der Waals surface area contributed by atoms with Crippen molar-refractivity contribution in [3.63, 3.8) is 0 Å². The highest BCUT2D eigenvalue weighted by Crippen LogP contribution is 2.10. The maximum absolute atomic E-state index is 12.8. The zero-order valence-electron chi connectivity index (χ0n) is 8.31. The molecule has 4 heteroatoms. The summed E-state index contributed by atoms with van der Waals surface area (Å²) in [4.78, 5) is 11.5. The van der Waals surface area contributed by atoms with E-state index in [1.54, 1.807) is 6.92 Å². The van der Waals surface area contributed by atoms with Crippen LogP contribution in [0.1, 0.15) is 15.9 Å². The molecule has 1 aromatic carbocycles. The minimum Gasteiger partial charge on any atom is -0.347 e. The molecule has 0 unspecified atom stereocenters. The van der Waals surface area contributed by atoms with Crippen molar-refractivity contribution >= 4 is 17.5 Å². The number of carbonyl (C=O) groups excluding carboxylic acids is 1. The van der Waals surface area contributed by atoms with E-state index in [-0.39, 0.29) is 18.3 Å². The van der Waals surface area contributed by atoms with Gasteiger partial charge >= 0.3 is 0 Å². The van der Waals surface area contributed by atoms with E-state index in [2.05, 4.69) is 11.9 Å². The van der Waals surface area contributed by atoms with Gasteiger partial charge in [0.05, 0.1) is 6.54 Å². The van der Waals surface area contributed by atoms with Crippen molar-refractivity contribution in [2.45, 2.75) is 6.92 Å². The molecule has 1 rings (SSSR count). The number of benzene rings is 1. The highest BCUT2D eigenvalue weighted by atomic mass is 35.5. The molecule has 0 aliphatic rings. The third kappa shape index (κ3) is 3.36. The highest BCUT2D eigenvalue weighted by Gasteiger charge is 2.08. The first-order chi connectivity index (χ1) is 7.00. The van der Waals surface area contributed by atoms with E-state index in [1.807, 2.05) is 0 Å². The maximum atomic E-state index is 12.8. The molecule has 0 spiro atoms. The fourth-order valence-corrected chi connectivity index (χ4v) is 1.22. The van der Waals surface area contributed by atoms with Crippen molar-refractivity contribution in [1.82, 2.24) is 5.32 Å². The van der Waals surface area contributed by atoms with Crippen LogP contribution in [0, 0.1) is 12.7 Å². The van der Waals surface area contributed by atoms with Crippen LogP contribution in [-0.2, 0) is 0 Å². The lowest BCUT2D eigenvalue weighted by molar-refractivity contribution is 0.0957. The van der Waals surface area contributed by atoms with Crippen LogP contribution in [0.2, 0.25) is 0 Å². The molecule has 0 aromatic heterocycles. The van der Waals surface area contributed by atoms with E-state index in [1.165, 1.54) is 18.2 Å². The molecule has 0 aliphatic heterocycles. The Morgan fingerprint density at radius 3 is 2.80 bits per heavy atom. The van der Waals surface area contributed by atoms with E-state index < -0.39 is 0 Å². The van der Waals surface area contributed by atoms with Gasteiger partial charge in [0.1, 0.15) is 5.82 Å². The molecular weight excluding hydrogens is 217 g/mol. The molecule has 2 nitrogen and oxygen atoms in total. The molecule has 80 valence electrons. The second-order valence-electron chi connectivity index (χ2n) is 3.16.